The van der Waals surface area contributed by atoms with Gasteiger partial charge in [-0.05, 0) is 38.3 Å². The largest absolute Gasteiger partial charge is 0.357 e. The van der Waals surface area contributed by atoms with E-state index in [1.54, 1.807) is 0 Å². The topological polar surface area (TPSA) is 73.8 Å². The molecule has 0 spiro atoms. The zero-order chi connectivity index (χ0) is 18.9. The van der Waals surface area contributed by atoms with E-state index in [1.807, 2.05) is 13.8 Å². The average molecular weight is 496 g/mol. The Morgan fingerprint density at radius 3 is 2.42 bits per heavy atom. The van der Waals surface area contributed by atoms with Gasteiger partial charge in [0, 0.05) is 26.2 Å². The molecule has 8 heteroatoms. The van der Waals surface area contributed by atoms with Gasteiger partial charge in [0.05, 0.1) is 12.8 Å². The number of hydrogen-bond acceptors (Lipinski definition) is 3. The van der Waals surface area contributed by atoms with Crippen molar-refractivity contribution in [2.24, 2.45) is 4.99 Å². The minimum Gasteiger partial charge on any atom is -0.357 e. The number of sulfonamides is 1. The lowest BCUT2D eigenvalue weighted by Gasteiger charge is -2.18. The van der Waals surface area contributed by atoms with Crippen molar-refractivity contribution in [1.82, 2.24) is 14.9 Å². The zero-order valence-electron chi connectivity index (χ0n) is 16.5. The van der Waals surface area contributed by atoms with Crippen LogP contribution in [0.25, 0.3) is 0 Å². The Morgan fingerprint density at radius 1 is 1.19 bits per heavy atom. The highest BCUT2D eigenvalue weighted by Crippen LogP contribution is 2.11. The van der Waals surface area contributed by atoms with Gasteiger partial charge in [-0.15, -0.1) is 24.0 Å². The van der Waals surface area contributed by atoms with E-state index in [-0.39, 0.29) is 24.0 Å². The summed E-state index contributed by atoms with van der Waals surface area (Å²) in [6, 6.07) is 6.38. The Bertz CT molecular complexity index is 678. The molecule has 0 saturated carbocycles. The molecule has 150 valence electrons. The Morgan fingerprint density at radius 2 is 1.88 bits per heavy atom. The van der Waals surface area contributed by atoms with Gasteiger partial charge in [-0.3, -0.25) is 0 Å². The lowest BCUT2D eigenvalue weighted by atomic mass is 10.1. The SMILES string of the molecule is CCNC(=NCc1ccc(C)cc1C)NCCCN(CC)S(C)(=O)=O.I. The third-order valence-corrected chi connectivity index (χ3v) is 5.33. The molecule has 0 aliphatic carbocycles. The van der Waals surface area contributed by atoms with Crippen LogP contribution in [0, 0.1) is 13.8 Å². The Labute approximate surface area is 175 Å². The summed E-state index contributed by atoms with van der Waals surface area (Å²) in [6.07, 6.45) is 1.98. The van der Waals surface area contributed by atoms with Crippen molar-refractivity contribution in [3.05, 3.63) is 34.9 Å². The van der Waals surface area contributed by atoms with Gasteiger partial charge in [0.15, 0.2) is 5.96 Å². The molecule has 0 bridgehead atoms. The molecule has 1 aromatic carbocycles. The summed E-state index contributed by atoms with van der Waals surface area (Å²) in [7, 11) is -3.12. The van der Waals surface area contributed by atoms with Gasteiger partial charge in [0.2, 0.25) is 10.0 Å². The predicted octanol–water partition coefficient (Wildman–Crippen LogP) is 2.65. The Hall–Kier alpha value is -0.870. The van der Waals surface area contributed by atoms with Crippen LogP contribution in [0.4, 0.5) is 0 Å². The smallest absolute Gasteiger partial charge is 0.211 e. The summed E-state index contributed by atoms with van der Waals surface area (Å²) in [4.78, 5) is 4.62. The fourth-order valence-electron chi connectivity index (χ4n) is 2.55. The van der Waals surface area contributed by atoms with Crippen LogP contribution in [-0.4, -0.2) is 51.1 Å². The summed E-state index contributed by atoms with van der Waals surface area (Å²) in [5, 5.41) is 6.49. The maximum atomic E-state index is 11.6. The number of nitrogens with zero attached hydrogens (tertiary/aromatic N) is 2. The third kappa shape index (κ3) is 9.18. The van der Waals surface area contributed by atoms with Gasteiger partial charge in [-0.1, -0.05) is 30.7 Å². The fraction of sp³-hybridized carbons (Fsp3) is 0.611. The molecule has 0 unspecified atom stereocenters. The van der Waals surface area contributed by atoms with Crippen molar-refractivity contribution in [3.63, 3.8) is 0 Å². The first-order valence-corrected chi connectivity index (χ1v) is 10.7. The van der Waals surface area contributed by atoms with Crippen LogP contribution < -0.4 is 10.6 Å². The molecule has 0 heterocycles. The Kier molecular flexibility index (Phi) is 12.1. The van der Waals surface area contributed by atoms with Crippen LogP contribution in [0.2, 0.25) is 0 Å². The van der Waals surface area contributed by atoms with Gasteiger partial charge in [-0.25, -0.2) is 17.7 Å². The standard InChI is InChI=1S/C18H32N4O2S.HI/c1-6-19-18(20-11-8-12-22(7-2)25(5,23)24)21-14-17-10-9-15(3)13-16(17)4;/h9-10,13H,6-8,11-12,14H2,1-5H3,(H2,19,20,21);1H. The quantitative estimate of drug-likeness (QED) is 0.239. The normalized spacial score (nSPS) is 12.0. The molecule has 1 rings (SSSR count). The molecule has 26 heavy (non-hydrogen) atoms. The van der Waals surface area contributed by atoms with E-state index >= 15 is 0 Å². The molecule has 2 N–H and O–H groups in total. The molecule has 0 atom stereocenters. The van der Waals surface area contributed by atoms with Gasteiger partial charge in [0.25, 0.3) is 0 Å². The van der Waals surface area contributed by atoms with Crippen LogP contribution in [0.15, 0.2) is 23.2 Å². The second-order valence-corrected chi connectivity index (χ2v) is 8.14. The highest BCUT2D eigenvalue weighted by molar-refractivity contribution is 14.0. The number of benzene rings is 1. The van der Waals surface area contributed by atoms with Crippen molar-refractivity contribution in [2.45, 2.75) is 40.7 Å². The van der Waals surface area contributed by atoms with Gasteiger partial charge in [-0.2, -0.15) is 0 Å². The van der Waals surface area contributed by atoms with E-state index in [4.69, 9.17) is 0 Å². The summed E-state index contributed by atoms with van der Waals surface area (Å²) < 4.78 is 24.6. The monoisotopic (exact) mass is 496 g/mol. The maximum Gasteiger partial charge on any atom is 0.211 e. The molecule has 0 fully saturated rings. The predicted molar refractivity (Wildman–Crippen MR) is 121 cm³/mol. The van der Waals surface area contributed by atoms with Gasteiger partial charge in [0.1, 0.15) is 0 Å². The molecule has 0 aliphatic rings. The van der Waals surface area contributed by atoms with Crippen LogP contribution >= 0.6 is 24.0 Å². The minimum absolute atomic E-state index is 0. The van der Waals surface area contributed by atoms with E-state index in [9.17, 15) is 8.42 Å². The number of hydrogen-bond donors (Lipinski definition) is 2. The second kappa shape index (κ2) is 12.5. The highest BCUT2D eigenvalue weighted by atomic mass is 127. The molecular weight excluding hydrogens is 463 g/mol. The summed E-state index contributed by atoms with van der Waals surface area (Å²) in [6.45, 7) is 11.1. The summed E-state index contributed by atoms with van der Waals surface area (Å²) in [5.41, 5.74) is 3.70. The number of aliphatic imine (C=N–C) groups is 1. The molecule has 0 aliphatic heterocycles. The number of halogens is 1. The number of rotatable bonds is 9. The first-order chi connectivity index (χ1) is 11.8. The highest BCUT2D eigenvalue weighted by Gasteiger charge is 2.13. The number of guanidine groups is 1. The van der Waals surface area contributed by atoms with Gasteiger partial charge >= 0.3 is 0 Å². The lowest BCUT2D eigenvalue weighted by Crippen LogP contribution is -2.39. The van der Waals surface area contributed by atoms with Crippen molar-refractivity contribution in [3.8, 4) is 0 Å². The number of nitrogens with one attached hydrogen (secondary N) is 2. The molecule has 6 nitrogen and oxygen atoms in total. The summed E-state index contributed by atoms with van der Waals surface area (Å²) in [5.74, 6) is 0.755. The zero-order valence-corrected chi connectivity index (χ0v) is 19.6. The lowest BCUT2D eigenvalue weighted by molar-refractivity contribution is 0.424. The van der Waals surface area contributed by atoms with E-state index in [0.29, 0.717) is 26.2 Å². The van der Waals surface area contributed by atoms with E-state index in [2.05, 4.69) is 47.7 Å². The first kappa shape index (κ1) is 25.1. The van der Waals surface area contributed by atoms with E-state index in [0.717, 1.165) is 18.9 Å². The Balaban J connectivity index is 0.00000625. The fourth-order valence-corrected chi connectivity index (χ4v) is 3.48. The third-order valence-electron chi connectivity index (χ3n) is 3.95. The van der Waals surface area contributed by atoms with Crippen molar-refractivity contribution in [1.29, 1.82) is 0 Å². The molecule has 0 aromatic heterocycles. The molecular formula is C18H33IN4O2S. The second-order valence-electron chi connectivity index (χ2n) is 6.16. The van der Waals surface area contributed by atoms with Crippen LogP contribution in [0.1, 0.15) is 37.0 Å². The molecule has 0 amide bonds. The minimum atomic E-state index is -3.12. The van der Waals surface area contributed by atoms with Crippen molar-refractivity contribution >= 4 is 40.0 Å². The van der Waals surface area contributed by atoms with Crippen molar-refractivity contribution in [2.75, 3.05) is 32.4 Å². The summed E-state index contributed by atoms with van der Waals surface area (Å²) >= 11 is 0. The van der Waals surface area contributed by atoms with Crippen LogP contribution in [0.5, 0.6) is 0 Å². The average Bonchev–Trinajstić information content (AvgIpc) is 2.52. The first-order valence-electron chi connectivity index (χ1n) is 8.81. The van der Waals surface area contributed by atoms with Crippen LogP contribution in [-0.2, 0) is 16.6 Å². The van der Waals surface area contributed by atoms with Crippen molar-refractivity contribution < 1.29 is 8.42 Å². The maximum absolute atomic E-state index is 11.6. The molecule has 1 aromatic rings. The molecule has 0 radical (unpaired) electrons. The number of aryl methyl sites for hydroxylation is 2. The van der Waals surface area contributed by atoms with Crippen LogP contribution in [0.3, 0.4) is 0 Å². The van der Waals surface area contributed by atoms with E-state index < -0.39 is 10.0 Å². The molecule has 0 saturated heterocycles. The van der Waals surface area contributed by atoms with Gasteiger partial charge < -0.3 is 10.6 Å². The van der Waals surface area contributed by atoms with E-state index in [1.165, 1.54) is 27.3 Å².